The van der Waals surface area contributed by atoms with E-state index >= 15 is 0 Å². The largest absolute Gasteiger partial charge is 0.368 e. The van der Waals surface area contributed by atoms with Crippen molar-refractivity contribution in [3.05, 3.63) is 60.0 Å². The summed E-state index contributed by atoms with van der Waals surface area (Å²) in [7, 11) is 0. The zero-order valence-electron chi connectivity index (χ0n) is 18.2. The van der Waals surface area contributed by atoms with E-state index in [1.807, 2.05) is 23.1 Å². The Hall–Kier alpha value is -4.32. The van der Waals surface area contributed by atoms with Crippen LogP contribution in [0.1, 0.15) is 31.0 Å². The quantitative estimate of drug-likeness (QED) is 0.571. The van der Waals surface area contributed by atoms with Crippen molar-refractivity contribution >= 4 is 29.0 Å². The molecule has 4 rings (SSSR count). The predicted octanol–water partition coefficient (Wildman–Crippen LogP) is 2.74. The molecule has 1 atom stereocenters. The van der Waals surface area contributed by atoms with Crippen LogP contribution in [-0.2, 0) is 16.0 Å². The first-order chi connectivity index (χ1) is 15.9. The number of anilines is 3. The third kappa shape index (κ3) is 4.96. The molecule has 166 valence electrons. The van der Waals surface area contributed by atoms with Crippen molar-refractivity contribution in [3.63, 3.8) is 0 Å². The number of carbonyl (C=O) groups excluding carboxylic acids is 2. The molecule has 0 aliphatic carbocycles. The first kappa shape index (κ1) is 21.9. The summed E-state index contributed by atoms with van der Waals surface area (Å²) in [4.78, 5) is 38.0. The highest BCUT2D eigenvalue weighted by Gasteiger charge is 2.30. The standard InChI is InChI=1S/C24H23N7O2/c1-15(32)11-18-5-6-19(14-28-18)29-24-27-9-8-20(30-24)16-4-7-21(17(12-16)13-25)31-10-2-3-22(31)23(26)33/h4-9,12,14,22H,2-3,10-11H2,1H3,(H2,26,33)(H,27,29,30)/t22-/m1/s1. The number of nitrogens with one attached hydrogen (secondary N) is 1. The number of aromatic nitrogens is 3. The summed E-state index contributed by atoms with van der Waals surface area (Å²) in [5.41, 5.74) is 9.49. The maximum absolute atomic E-state index is 11.8. The molecular formula is C24H23N7O2. The van der Waals surface area contributed by atoms with Crippen molar-refractivity contribution in [2.75, 3.05) is 16.8 Å². The van der Waals surface area contributed by atoms with Gasteiger partial charge in [-0.3, -0.25) is 14.6 Å². The number of rotatable bonds is 7. The van der Waals surface area contributed by atoms with Crippen molar-refractivity contribution in [1.29, 1.82) is 5.26 Å². The molecule has 9 nitrogen and oxygen atoms in total. The van der Waals surface area contributed by atoms with E-state index in [1.54, 1.807) is 30.6 Å². The Morgan fingerprint density at radius 2 is 2.09 bits per heavy atom. The molecule has 0 spiro atoms. The summed E-state index contributed by atoms with van der Waals surface area (Å²) in [6.45, 7) is 2.21. The summed E-state index contributed by atoms with van der Waals surface area (Å²) in [6, 6.07) is 12.7. The summed E-state index contributed by atoms with van der Waals surface area (Å²) in [6.07, 6.45) is 5.09. The summed E-state index contributed by atoms with van der Waals surface area (Å²) in [5.74, 6) is 0.0530. The van der Waals surface area contributed by atoms with Crippen LogP contribution in [-0.4, -0.2) is 39.2 Å². The van der Waals surface area contributed by atoms with Crippen molar-refractivity contribution in [2.45, 2.75) is 32.2 Å². The maximum atomic E-state index is 11.8. The van der Waals surface area contributed by atoms with Crippen LogP contribution in [0.4, 0.5) is 17.3 Å². The molecule has 2 aromatic heterocycles. The normalized spacial score (nSPS) is 15.2. The zero-order chi connectivity index (χ0) is 23.4. The average molecular weight is 441 g/mol. The van der Waals surface area contributed by atoms with Gasteiger partial charge in [-0.1, -0.05) is 6.07 Å². The van der Waals surface area contributed by atoms with Crippen molar-refractivity contribution in [2.24, 2.45) is 5.73 Å². The minimum atomic E-state index is -0.395. The van der Waals surface area contributed by atoms with Gasteiger partial charge in [0.2, 0.25) is 11.9 Å². The van der Waals surface area contributed by atoms with Crippen LogP contribution in [0.3, 0.4) is 0 Å². The molecule has 0 saturated carbocycles. The lowest BCUT2D eigenvalue weighted by molar-refractivity contribution is -0.119. The Labute approximate surface area is 191 Å². The SMILES string of the molecule is CC(=O)Cc1ccc(Nc2nccc(-c3ccc(N4CCC[C@@H]4C(N)=O)c(C#N)c3)n2)cn1. The van der Waals surface area contributed by atoms with Gasteiger partial charge < -0.3 is 16.0 Å². The van der Waals surface area contributed by atoms with Crippen LogP contribution in [0, 0.1) is 11.3 Å². The fourth-order valence-electron chi connectivity index (χ4n) is 3.95. The maximum Gasteiger partial charge on any atom is 0.240 e. The fourth-order valence-corrected chi connectivity index (χ4v) is 3.95. The Kier molecular flexibility index (Phi) is 6.26. The van der Waals surface area contributed by atoms with Gasteiger partial charge in [0.25, 0.3) is 0 Å². The highest BCUT2D eigenvalue weighted by atomic mass is 16.1. The Morgan fingerprint density at radius 3 is 2.79 bits per heavy atom. The molecule has 0 radical (unpaired) electrons. The number of amides is 1. The molecule has 0 unspecified atom stereocenters. The molecule has 1 aromatic carbocycles. The Bertz CT molecular complexity index is 1230. The fraction of sp³-hybridized carbons (Fsp3) is 0.250. The second kappa shape index (κ2) is 9.44. The van der Waals surface area contributed by atoms with E-state index in [9.17, 15) is 14.9 Å². The predicted molar refractivity (Wildman–Crippen MR) is 124 cm³/mol. The van der Waals surface area contributed by atoms with Crippen molar-refractivity contribution in [3.8, 4) is 17.3 Å². The Morgan fingerprint density at radius 1 is 1.24 bits per heavy atom. The number of carbonyl (C=O) groups is 2. The number of hydrogen-bond acceptors (Lipinski definition) is 8. The zero-order valence-corrected chi connectivity index (χ0v) is 18.2. The number of Topliss-reactive ketones (excluding diaryl/α,β-unsaturated/α-hetero) is 1. The van der Waals surface area contributed by atoms with Crippen LogP contribution >= 0.6 is 0 Å². The lowest BCUT2D eigenvalue weighted by Crippen LogP contribution is -2.40. The molecule has 1 saturated heterocycles. The number of nitriles is 1. The first-order valence-corrected chi connectivity index (χ1v) is 10.6. The van der Waals surface area contributed by atoms with Gasteiger partial charge >= 0.3 is 0 Å². The van der Waals surface area contributed by atoms with E-state index in [-0.39, 0.29) is 11.7 Å². The van der Waals surface area contributed by atoms with Crippen LogP contribution in [0.5, 0.6) is 0 Å². The molecule has 33 heavy (non-hydrogen) atoms. The van der Waals surface area contributed by atoms with Gasteiger partial charge in [0.15, 0.2) is 0 Å². The van der Waals surface area contributed by atoms with E-state index in [2.05, 4.69) is 26.3 Å². The van der Waals surface area contributed by atoms with Gasteiger partial charge in [0.05, 0.1) is 28.8 Å². The average Bonchev–Trinajstić information content (AvgIpc) is 3.30. The number of ketones is 1. The van der Waals surface area contributed by atoms with Crippen LogP contribution in [0.25, 0.3) is 11.3 Å². The number of benzene rings is 1. The number of pyridine rings is 1. The van der Waals surface area contributed by atoms with Crippen LogP contribution < -0.4 is 16.0 Å². The molecule has 9 heteroatoms. The number of nitrogens with two attached hydrogens (primary N) is 1. The lowest BCUT2D eigenvalue weighted by atomic mass is 10.0. The number of hydrogen-bond donors (Lipinski definition) is 2. The van der Waals surface area contributed by atoms with Crippen molar-refractivity contribution in [1.82, 2.24) is 15.0 Å². The molecule has 1 aliphatic rings. The molecule has 3 N–H and O–H groups in total. The number of nitrogens with zero attached hydrogens (tertiary/aromatic N) is 5. The van der Waals surface area contributed by atoms with Gasteiger partial charge in [-0.25, -0.2) is 9.97 Å². The molecule has 1 fully saturated rings. The van der Waals surface area contributed by atoms with Gasteiger partial charge in [-0.2, -0.15) is 5.26 Å². The monoisotopic (exact) mass is 441 g/mol. The molecule has 3 heterocycles. The lowest BCUT2D eigenvalue weighted by Gasteiger charge is -2.25. The first-order valence-electron chi connectivity index (χ1n) is 10.6. The number of primary amides is 1. The van der Waals surface area contributed by atoms with Gasteiger partial charge in [-0.05, 0) is 50.1 Å². The van der Waals surface area contributed by atoms with Crippen LogP contribution in [0.15, 0.2) is 48.8 Å². The van der Waals surface area contributed by atoms with E-state index < -0.39 is 6.04 Å². The summed E-state index contributed by atoms with van der Waals surface area (Å²) >= 11 is 0. The molecule has 0 bridgehead atoms. The van der Waals surface area contributed by atoms with E-state index in [0.717, 1.165) is 12.0 Å². The van der Waals surface area contributed by atoms with Crippen molar-refractivity contribution < 1.29 is 9.59 Å². The molecule has 1 amide bonds. The van der Waals surface area contributed by atoms with E-state index in [1.165, 1.54) is 6.92 Å². The molecular weight excluding hydrogens is 418 g/mol. The topological polar surface area (TPSA) is 138 Å². The third-order valence-corrected chi connectivity index (χ3v) is 5.47. The van der Waals surface area contributed by atoms with Crippen LogP contribution in [0.2, 0.25) is 0 Å². The Balaban J connectivity index is 1.56. The summed E-state index contributed by atoms with van der Waals surface area (Å²) in [5, 5.41) is 12.8. The van der Waals surface area contributed by atoms with Gasteiger partial charge in [-0.15, -0.1) is 0 Å². The second-order valence-corrected chi connectivity index (χ2v) is 7.91. The smallest absolute Gasteiger partial charge is 0.240 e. The minimum absolute atomic E-state index is 0.0527. The minimum Gasteiger partial charge on any atom is -0.368 e. The molecule has 1 aliphatic heterocycles. The highest BCUT2D eigenvalue weighted by Crippen LogP contribution is 2.31. The second-order valence-electron chi connectivity index (χ2n) is 7.91. The molecule has 3 aromatic rings. The highest BCUT2D eigenvalue weighted by molar-refractivity contribution is 5.85. The van der Waals surface area contributed by atoms with Gasteiger partial charge in [0, 0.05) is 30.4 Å². The van der Waals surface area contributed by atoms with E-state index in [0.29, 0.717) is 53.7 Å². The van der Waals surface area contributed by atoms with Gasteiger partial charge in [0.1, 0.15) is 17.9 Å². The third-order valence-electron chi connectivity index (χ3n) is 5.47. The van der Waals surface area contributed by atoms with E-state index in [4.69, 9.17) is 5.73 Å². The summed E-state index contributed by atoms with van der Waals surface area (Å²) < 4.78 is 0.